The average molecular weight is 570 g/mol. The summed E-state index contributed by atoms with van der Waals surface area (Å²) in [6.45, 7) is 13.4. The molecule has 2 heterocycles. The molecule has 0 unspecified atom stereocenters. The Balaban J connectivity index is 1.50. The van der Waals surface area contributed by atoms with Gasteiger partial charge in [0, 0.05) is 7.05 Å². The Hall–Kier alpha value is -3.64. The predicted molar refractivity (Wildman–Crippen MR) is 175 cm³/mol. The minimum Gasteiger partial charge on any atom is -0.596 e. The topological polar surface area (TPSA) is 52.6 Å². The third kappa shape index (κ3) is 8.69. The summed E-state index contributed by atoms with van der Waals surface area (Å²) in [5, 5.41) is 0. The smallest absolute Gasteiger partial charge is 0.596 e. The molecule has 0 aromatic heterocycles. The number of allylic oxidation sites excluding steroid dienone is 19. The Morgan fingerprint density at radius 2 is 1.24 bits per heavy atom. The fraction of sp³-hybridized carbons (Fsp3) is 0.389. The molecule has 224 valence electrons. The van der Waals surface area contributed by atoms with Crippen molar-refractivity contribution in [2.45, 2.75) is 67.7 Å². The van der Waals surface area contributed by atoms with Gasteiger partial charge < -0.3 is 13.7 Å². The van der Waals surface area contributed by atoms with E-state index in [0.717, 1.165) is 11.1 Å². The van der Waals surface area contributed by atoms with E-state index in [0.29, 0.717) is 0 Å². The summed E-state index contributed by atoms with van der Waals surface area (Å²) < 4.78 is 11.1. The van der Waals surface area contributed by atoms with Crippen LogP contribution in [0.5, 0.6) is 0 Å². The zero-order valence-electron chi connectivity index (χ0n) is 26.8. The summed E-state index contributed by atoms with van der Waals surface area (Å²) in [4.78, 5) is 23.8. The predicted octanol–water partition coefficient (Wildman–Crippen LogP) is 8.12. The molecule has 3 aliphatic rings. The summed E-state index contributed by atoms with van der Waals surface area (Å²) in [5.74, 6) is 1.05. The molecule has 6 heteroatoms. The summed E-state index contributed by atoms with van der Waals surface area (Å²) in [6.07, 6.45) is 30.7. The molecular weight excluding hydrogens is 521 g/mol. The molecule has 2 fully saturated rings. The van der Waals surface area contributed by atoms with Crippen LogP contribution in [0.1, 0.15) is 67.7 Å². The van der Waals surface area contributed by atoms with Crippen molar-refractivity contribution in [1.29, 1.82) is 0 Å². The second-order valence-corrected chi connectivity index (χ2v) is 12.9. The largest absolute Gasteiger partial charge is 0.607 e. The molecular formula is C36H48BNO4. The number of fused-ring (bicyclic) bond motifs is 1. The molecule has 1 aliphatic carbocycles. The van der Waals surface area contributed by atoms with Gasteiger partial charge in [0.1, 0.15) is 13.1 Å². The molecule has 3 rings (SSSR count). The third-order valence-electron chi connectivity index (χ3n) is 8.37. The number of quaternary nitrogens is 1. The van der Waals surface area contributed by atoms with Crippen LogP contribution in [0.2, 0.25) is 0 Å². The molecule has 0 aromatic rings. The van der Waals surface area contributed by atoms with Crippen molar-refractivity contribution in [2.75, 3.05) is 20.1 Å². The number of carbonyl (C=O) groups is 2. The standard InChI is InChI=1S/C36H48BNO4/c1-28(16-11-18-30(3)21-22-33-32(5)20-13-24-36(33,6)7)14-9-10-15-29(2)17-12-19-31(4)23-25-37-38(8,26-34(39)41-37)27-35(40)42-37/h9-12,14-19,21-23,25H,13,20,24,26-27H2,1-8H3/b10-9+,16-11+,17-12+,22-21+,25-23+,28-14+,29-15+,30-18+,31-19+. The first-order valence-electron chi connectivity index (χ1n) is 15.0. The Morgan fingerprint density at radius 3 is 1.76 bits per heavy atom. The lowest BCUT2D eigenvalue weighted by Crippen LogP contribution is -2.58. The molecule has 0 amide bonds. The van der Waals surface area contributed by atoms with Crippen LogP contribution in [0.3, 0.4) is 0 Å². The molecule has 0 aromatic carbocycles. The van der Waals surface area contributed by atoms with E-state index in [4.69, 9.17) is 9.31 Å². The van der Waals surface area contributed by atoms with Gasteiger partial charge in [0.05, 0.1) is 0 Å². The van der Waals surface area contributed by atoms with Crippen molar-refractivity contribution in [1.82, 2.24) is 0 Å². The van der Waals surface area contributed by atoms with E-state index in [2.05, 4.69) is 77.2 Å². The van der Waals surface area contributed by atoms with Crippen LogP contribution in [0.15, 0.2) is 118 Å². The summed E-state index contributed by atoms with van der Waals surface area (Å²) in [7, 11) is 1.82. The van der Waals surface area contributed by atoms with E-state index < -0.39 is 6.69 Å². The van der Waals surface area contributed by atoms with Crippen molar-refractivity contribution in [3.63, 3.8) is 0 Å². The van der Waals surface area contributed by atoms with Crippen molar-refractivity contribution in [3.8, 4) is 0 Å². The summed E-state index contributed by atoms with van der Waals surface area (Å²) in [5.41, 5.74) is 7.76. The van der Waals surface area contributed by atoms with E-state index in [1.165, 1.54) is 41.6 Å². The molecule has 0 saturated carbocycles. The summed E-state index contributed by atoms with van der Waals surface area (Å²) >= 11 is 0. The second kappa shape index (κ2) is 14.0. The monoisotopic (exact) mass is 569 g/mol. The van der Waals surface area contributed by atoms with Gasteiger partial charge in [0.15, 0.2) is 0 Å². The van der Waals surface area contributed by atoms with E-state index in [1.807, 2.05) is 57.4 Å². The fourth-order valence-corrected chi connectivity index (χ4v) is 5.76. The van der Waals surface area contributed by atoms with Crippen molar-refractivity contribution < 1.29 is 23.3 Å². The first-order chi connectivity index (χ1) is 19.8. The maximum atomic E-state index is 11.9. The zero-order chi connectivity index (χ0) is 31.0. The first kappa shape index (κ1) is 32.9. The van der Waals surface area contributed by atoms with Gasteiger partial charge >= 0.3 is 18.6 Å². The molecule has 0 radical (unpaired) electrons. The maximum absolute atomic E-state index is 11.9. The summed E-state index contributed by atoms with van der Waals surface area (Å²) in [6, 6.07) is 0. The highest BCUT2D eigenvalue weighted by Gasteiger charge is 2.63. The number of hydrogen-bond acceptors (Lipinski definition) is 4. The molecule has 0 bridgehead atoms. The average Bonchev–Trinajstić information content (AvgIpc) is 3.26. The lowest BCUT2D eigenvalue weighted by atomic mass is 9.68. The quantitative estimate of drug-likeness (QED) is 0.197. The Morgan fingerprint density at radius 1 is 0.762 bits per heavy atom. The number of rotatable bonds is 10. The maximum Gasteiger partial charge on any atom is 0.607 e. The van der Waals surface area contributed by atoms with E-state index in [-0.39, 0.29) is 34.8 Å². The van der Waals surface area contributed by atoms with E-state index >= 15 is 0 Å². The number of hydrogen-bond donors (Lipinski definition) is 0. The molecule has 5 nitrogen and oxygen atoms in total. The van der Waals surface area contributed by atoms with Crippen LogP contribution in [-0.4, -0.2) is 43.2 Å². The van der Waals surface area contributed by atoms with Gasteiger partial charge in [-0.05, 0) is 64.9 Å². The lowest BCUT2D eigenvalue weighted by molar-refractivity contribution is -0.791. The van der Waals surface area contributed by atoms with Crippen molar-refractivity contribution in [2.24, 2.45) is 5.41 Å². The minimum atomic E-state index is -2.13. The highest BCUT2D eigenvalue weighted by Crippen LogP contribution is 2.40. The third-order valence-corrected chi connectivity index (χ3v) is 8.37. The highest BCUT2D eigenvalue weighted by molar-refractivity contribution is 6.71. The van der Waals surface area contributed by atoms with Gasteiger partial charge in [-0.15, -0.1) is 0 Å². The van der Waals surface area contributed by atoms with Crippen molar-refractivity contribution in [3.05, 3.63) is 118 Å². The fourth-order valence-electron chi connectivity index (χ4n) is 5.76. The molecule has 2 saturated heterocycles. The molecule has 42 heavy (non-hydrogen) atoms. The number of nitrogens with zero attached hydrogens (tertiary/aromatic N) is 1. The lowest BCUT2D eigenvalue weighted by Gasteiger charge is -2.37. The van der Waals surface area contributed by atoms with Crippen LogP contribution in [-0.2, 0) is 18.9 Å². The van der Waals surface area contributed by atoms with Crippen molar-refractivity contribution >= 4 is 18.6 Å². The van der Waals surface area contributed by atoms with Gasteiger partial charge in [-0.25, -0.2) is 0 Å². The number of likely N-dealkylation sites (N-methyl/N-ethyl adjacent to an activating group) is 1. The van der Waals surface area contributed by atoms with Gasteiger partial charge in [-0.2, -0.15) is 0 Å². The van der Waals surface area contributed by atoms with Gasteiger partial charge in [0.2, 0.25) is 0 Å². The Bertz CT molecular complexity index is 1350. The van der Waals surface area contributed by atoms with Crippen LogP contribution in [0.4, 0.5) is 0 Å². The van der Waals surface area contributed by atoms with Crippen LogP contribution >= 0.6 is 0 Å². The second-order valence-electron chi connectivity index (χ2n) is 12.9. The van der Waals surface area contributed by atoms with Gasteiger partial charge in [-0.1, -0.05) is 127 Å². The van der Waals surface area contributed by atoms with E-state index in [1.54, 1.807) is 5.98 Å². The molecule has 0 spiro atoms. The Kier molecular flexibility index (Phi) is 11.0. The van der Waals surface area contributed by atoms with Crippen LogP contribution in [0, 0.1) is 5.41 Å². The Labute approximate surface area is 253 Å². The van der Waals surface area contributed by atoms with Crippen LogP contribution < -0.4 is 0 Å². The van der Waals surface area contributed by atoms with Gasteiger partial charge in [-0.3, -0.25) is 9.59 Å². The molecule has 0 atom stereocenters. The zero-order valence-corrected chi connectivity index (χ0v) is 26.8. The van der Waals surface area contributed by atoms with Gasteiger partial charge in [0.25, 0.3) is 0 Å². The first-order valence-corrected chi connectivity index (χ1v) is 15.0. The van der Waals surface area contributed by atoms with Crippen LogP contribution in [0.25, 0.3) is 0 Å². The highest BCUT2D eigenvalue weighted by atomic mass is 16.7. The molecule has 0 N–H and O–H groups in total. The minimum absolute atomic E-state index is 0.146. The SMILES string of the molecule is CC1=C(/C=C/C(C)=C/C=C/C(C)=C/C=C/C=C(C)/C=C/C=C(C)/C=C/[B-]23OC(=O)C[N+]2(C)CC(=O)O3)C(C)(C)CCC1. The van der Waals surface area contributed by atoms with E-state index in [9.17, 15) is 9.59 Å². The number of carbonyl (C=O) groups excluding carboxylic acids is 2. The normalized spacial score (nSPS) is 27.9. The molecule has 2 aliphatic heterocycles.